The van der Waals surface area contributed by atoms with Crippen molar-refractivity contribution in [1.82, 2.24) is 4.98 Å². The van der Waals surface area contributed by atoms with E-state index in [1.807, 2.05) is 6.20 Å². The molecule has 64 valence electrons. The molecule has 1 aliphatic carbocycles. The fourth-order valence-corrected chi connectivity index (χ4v) is 2.05. The highest BCUT2D eigenvalue weighted by Crippen LogP contribution is 2.32. The lowest BCUT2D eigenvalue weighted by molar-refractivity contribution is 0.265. The van der Waals surface area contributed by atoms with Gasteiger partial charge in [0.2, 0.25) is 0 Å². The molecule has 1 N–H and O–H groups in total. The number of fused-ring (bicyclic) bond motifs is 1. The minimum absolute atomic E-state index is 0.241. The van der Waals surface area contributed by atoms with E-state index in [1.54, 1.807) is 0 Å². The van der Waals surface area contributed by atoms with Crippen LogP contribution in [-0.4, -0.2) is 16.7 Å². The zero-order valence-corrected chi connectivity index (χ0v) is 8.21. The third-order valence-corrected chi connectivity index (χ3v) is 2.79. The topological polar surface area (TPSA) is 33.1 Å². The van der Waals surface area contributed by atoms with Crippen LogP contribution in [0.3, 0.4) is 0 Å². The lowest BCUT2D eigenvalue weighted by Gasteiger charge is -2.06. The molecular weight excluding hydrogens is 218 g/mol. The van der Waals surface area contributed by atoms with Crippen molar-refractivity contribution < 1.29 is 5.11 Å². The quantitative estimate of drug-likeness (QED) is 0.795. The molecule has 0 saturated carbocycles. The highest BCUT2D eigenvalue weighted by atomic mass is 79.9. The van der Waals surface area contributed by atoms with Crippen LogP contribution in [0.5, 0.6) is 0 Å². The summed E-state index contributed by atoms with van der Waals surface area (Å²) >= 11 is 3.38. The molecule has 0 saturated heterocycles. The van der Waals surface area contributed by atoms with Crippen molar-refractivity contribution in [2.24, 2.45) is 0 Å². The minimum atomic E-state index is 0.241. The molecule has 1 unspecified atom stereocenters. The molecular formula is C9H10BrNO. The average Bonchev–Trinajstić information content (AvgIpc) is 2.46. The second-order valence-corrected chi connectivity index (χ2v) is 4.02. The maximum Gasteiger partial charge on any atom is 0.0500 e. The summed E-state index contributed by atoms with van der Waals surface area (Å²) in [6.07, 6.45) is 3.86. The first kappa shape index (κ1) is 8.20. The minimum Gasteiger partial charge on any atom is -0.396 e. The third kappa shape index (κ3) is 1.27. The van der Waals surface area contributed by atoms with Crippen molar-refractivity contribution in [3.8, 4) is 0 Å². The number of aliphatic hydroxyl groups excluding tert-OH is 1. The van der Waals surface area contributed by atoms with Gasteiger partial charge in [-0.25, -0.2) is 0 Å². The number of aryl methyl sites for hydroxylation is 1. The van der Waals surface area contributed by atoms with Crippen LogP contribution in [0.2, 0.25) is 0 Å². The molecule has 12 heavy (non-hydrogen) atoms. The maximum absolute atomic E-state index is 9.06. The van der Waals surface area contributed by atoms with Gasteiger partial charge in [-0.2, -0.15) is 0 Å². The fraction of sp³-hybridized carbons (Fsp3) is 0.444. The Labute approximate surface area is 79.8 Å². The highest BCUT2D eigenvalue weighted by Gasteiger charge is 2.22. The predicted molar refractivity (Wildman–Crippen MR) is 50.1 cm³/mol. The van der Waals surface area contributed by atoms with Crippen molar-refractivity contribution in [2.45, 2.75) is 18.8 Å². The smallest absolute Gasteiger partial charge is 0.0500 e. The molecule has 2 rings (SSSR count). The van der Waals surface area contributed by atoms with Crippen LogP contribution >= 0.6 is 15.9 Å². The van der Waals surface area contributed by atoms with E-state index in [0.29, 0.717) is 5.92 Å². The molecule has 1 heterocycles. The number of hydrogen-bond donors (Lipinski definition) is 1. The van der Waals surface area contributed by atoms with Crippen LogP contribution in [-0.2, 0) is 6.42 Å². The molecule has 0 fully saturated rings. The Bertz CT molecular complexity index is 301. The number of pyridine rings is 1. The Kier molecular flexibility index (Phi) is 2.15. The number of aliphatic hydroxyl groups is 1. The van der Waals surface area contributed by atoms with E-state index in [9.17, 15) is 0 Å². The Morgan fingerprint density at radius 3 is 3.25 bits per heavy atom. The van der Waals surface area contributed by atoms with E-state index < -0.39 is 0 Å². The van der Waals surface area contributed by atoms with Crippen LogP contribution in [0.15, 0.2) is 16.7 Å². The molecule has 0 spiro atoms. The van der Waals surface area contributed by atoms with Gasteiger partial charge in [-0.05, 0) is 40.4 Å². The third-order valence-electron chi connectivity index (χ3n) is 2.36. The van der Waals surface area contributed by atoms with Crippen molar-refractivity contribution in [3.05, 3.63) is 28.0 Å². The molecule has 0 amide bonds. The van der Waals surface area contributed by atoms with Gasteiger partial charge in [-0.3, -0.25) is 4.98 Å². The Hall–Kier alpha value is -0.410. The van der Waals surface area contributed by atoms with Crippen LogP contribution < -0.4 is 0 Å². The van der Waals surface area contributed by atoms with Crippen molar-refractivity contribution in [1.29, 1.82) is 0 Å². The van der Waals surface area contributed by atoms with Gasteiger partial charge in [-0.1, -0.05) is 0 Å². The van der Waals surface area contributed by atoms with Crippen molar-refractivity contribution in [3.63, 3.8) is 0 Å². The number of halogens is 1. The van der Waals surface area contributed by atoms with Gasteiger partial charge in [0, 0.05) is 22.3 Å². The summed E-state index contributed by atoms with van der Waals surface area (Å²) in [6, 6.07) is 2.07. The predicted octanol–water partition coefficient (Wildman–Crippen LogP) is 1.87. The molecule has 3 heteroatoms. The van der Waals surface area contributed by atoms with Gasteiger partial charge in [0.05, 0.1) is 6.61 Å². The van der Waals surface area contributed by atoms with E-state index in [4.69, 9.17) is 5.11 Å². The molecule has 2 nitrogen and oxygen atoms in total. The van der Waals surface area contributed by atoms with E-state index >= 15 is 0 Å². The van der Waals surface area contributed by atoms with Crippen LogP contribution in [0.25, 0.3) is 0 Å². The fourth-order valence-electron chi connectivity index (χ4n) is 1.70. The zero-order chi connectivity index (χ0) is 8.55. The van der Waals surface area contributed by atoms with E-state index in [0.717, 1.165) is 23.0 Å². The molecule has 0 bridgehead atoms. The molecule has 1 aromatic rings. The maximum atomic E-state index is 9.06. The zero-order valence-electron chi connectivity index (χ0n) is 6.63. The summed E-state index contributed by atoms with van der Waals surface area (Å²) in [5.41, 5.74) is 2.36. The first-order valence-electron chi connectivity index (χ1n) is 4.06. The first-order valence-corrected chi connectivity index (χ1v) is 4.85. The molecule has 1 atom stereocenters. The Morgan fingerprint density at radius 2 is 2.50 bits per heavy atom. The van der Waals surface area contributed by atoms with Gasteiger partial charge >= 0.3 is 0 Å². The summed E-state index contributed by atoms with van der Waals surface area (Å²) in [4.78, 5) is 4.30. The van der Waals surface area contributed by atoms with Gasteiger partial charge in [0.25, 0.3) is 0 Å². The molecule has 1 aliphatic rings. The van der Waals surface area contributed by atoms with Crippen molar-refractivity contribution in [2.75, 3.05) is 6.61 Å². The Balaban J connectivity index is 2.42. The molecule has 0 radical (unpaired) electrons. The van der Waals surface area contributed by atoms with E-state index in [2.05, 4.69) is 27.0 Å². The monoisotopic (exact) mass is 227 g/mol. The van der Waals surface area contributed by atoms with Gasteiger partial charge in [0.15, 0.2) is 0 Å². The lowest BCUT2D eigenvalue weighted by Crippen LogP contribution is -1.99. The van der Waals surface area contributed by atoms with Crippen LogP contribution in [0.4, 0.5) is 0 Å². The van der Waals surface area contributed by atoms with Crippen LogP contribution in [0, 0.1) is 0 Å². The first-order chi connectivity index (χ1) is 5.81. The largest absolute Gasteiger partial charge is 0.396 e. The second kappa shape index (κ2) is 3.15. The average molecular weight is 228 g/mol. The SMILES string of the molecule is OCC1CCc2ncc(Br)cc21. The number of hydrogen-bond acceptors (Lipinski definition) is 2. The molecule has 0 aliphatic heterocycles. The summed E-state index contributed by atoms with van der Waals surface area (Å²) < 4.78 is 1.00. The summed E-state index contributed by atoms with van der Waals surface area (Å²) in [7, 11) is 0. The van der Waals surface area contributed by atoms with E-state index in [-0.39, 0.29) is 6.61 Å². The van der Waals surface area contributed by atoms with Gasteiger partial charge < -0.3 is 5.11 Å². The summed E-state index contributed by atoms with van der Waals surface area (Å²) in [6.45, 7) is 0.241. The molecule has 1 aromatic heterocycles. The van der Waals surface area contributed by atoms with Crippen LogP contribution in [0.1, 0.15) is 23.6 Å². The second-order valence-electron chi connectivity index (χ2n) is 3.11. The van der Waals surface area contributed by atoms with Gasteiger partial charge in [-0.15, -0.1) is 0 Å². The van der Waals surface area contributed by atoms with E-state index in [1.165, 1.54) is 5.56 Å². The Morgan fingerprint density at radius 1 is 1.67 bits per heavy atom. The standard InChI is InChI=1S/C9H10BrNO/c10-7-3-8-6(5-12)1-2-9(8)11-4-7/h3-4,6,12H,1-2,5H2. The number of rotatable bonds is 1. The normalized spacial score (nSPS) is 21.0. The number of aromatic nitrogens is 1. The number of nitrogens with zero attached hydrogens (tertiary/aromatic N) is 1. The lowest BCUT2D eigenvalue weighted by atomic mass is 10.1. The van der Waals surface area contributed by atoms with Crippen molar-refractivity contribution >= 4 is 15.9 Å². The summed E-state index contributed by atoms with van der Waals surface area (Å²) in [5, 5.41) is 9.06. The highest BCUT2D eigenvalue weighted by molar-refractivity contribution is 9.10. The van der Waals surface area contributed by atoms with Gasteiger partial charge in [0.1, 0.15) is 0 Å². The summed E-state index contributed by atoms with van der Waals surface area (Å²) in [5.74, 6) is 0.310. The molecule has 0 aromatic carbocycles.